The van der Waals surface area contributed by atoms with Gasteiger partial charge in [-0.3, -0.25) is 0 Å². The summed E-state index contributed by atoms with van der Waals surface area (Å²) in [5.41, 5.74) is 1.12. The van der Waals surface area contributed by atoms with Crippen LogP contribution in [0.15, 0.2) is 29.2 Å². The van der Waals surface area contributed by atoms with Crippen LogP contribution in [0.3, 0.4) is 0 Å². The smallest absolute Gasteiger partial charge is 0.243 e. The van der Waals surface area contributed by atoms with Gasteiger partial charge in [-0.25, -0.2) is 8.42 Å². The first-order chi connectivity index (χ1) is 10.00. The molecule has 0 bridgehead atoms. The monoisotopic (exact) mass is 310 g/mol. The maximum Gasteiger partial charge on any atom is 0.243 e. The largest absolute Gasteiger partial charge is 0.313 e. The summed E-state index contributed by atoms with van der Waals surface area (Å²) in [6, 6.07) is 7.27. The number of benzene rings is 1. The van der Waals surface area contributed by atoms with Crippen LogP contribution in [0, 0.1) is 5.92 Å². The van der Waals surface area contributed by atoms with Crippen molar-refractivity contribution in [1.29, 1.82) is 0 Å². The fourth-order valence-corrected chi connectivity index (χ4v) is 4.00. The van der Waals surface area contributed by atoms with Gasteiger partial charge >= 0.3 is 0 Å². The molecule has 4 nitrogen and oxygen atoms in total. The van der Waals surface area contributed by atoms with Gasteiger partial charge in [0.2, 0.25) is 10.0 Å². The second-order valence-corrected chi connectivity index (χ2v) is 8.05. The van der Waals surface area contributed by atoms with Crippen molar-refractivity contribution in [3.8, 4) is 0 Å². The van der Waals surface area contributed by atoms with Crippen molar-refractivity contribution in [2.75, 3.05) is 19.6 Å². The van der Waals surface area contributed by atoms with Crippen LogP contribution in [0.4, 0.5) is 0 Å². The summed E-state index contributed by atoms with van der Waals surface area (Å²) < 4.78 is 26.4. The van der Waals surface area contributed by atoms with Crippen molar-refractivity contribution in [3.63, 3.8) is 0 Å². The average molecular weight is 310 g/mol. The molecule has 0 atom stereocenters. The number of sulfonamides is 1. The molecule has 118 valence electrons. The normalized spacial score (nSPS) is 16.7. The Labute approximate surface area is 128 Å². The number of hydrogen-bond acceptors (Lipinski definition) is 3. The van der Waals surface area contributed by atoms with Crippen molar-refractivity contribution in [2.24, 2.45) is 5.92 Å². The summed E-state index contributed by atoms with van der Waals surface area (Å²) in [5, 5.41) is 3.39. The predicted molar refractivity (Wildman–Crippen MR) is 85.6 cm³/mol. The van der Waals surface area contributed by atoms with E-state index in [0.717, 1.165) is 37.9 Å². The molecule has 1 heterocycles. The van der Waals surface area contributed by atoms with Crippen molar-refractivity contribution in [2.45, 2.75) is 44.6 Å². The fourth-order valence-electron chi connectivity index (χ4n) is 2.48. The second-order valence-electron chi connectivity index (χ2n) is 6.11. The molecule has 0 amide bonds. The van der Waals surface area contributed by atoms with Gasteiger partial charge in [-0.2, -0.15) is 4.31 Å². The van der Waals surface area contributed by atoms with Crippen LogP contribution in [0.5, 0.6) is 0 Å². The minimum Gasteiger partial charge on any atom is -0.313 e. The molecule has 21 heavy (non-hydrogen) atoms. The average Bonchev–Trinajstić information content (AvgIpc) is 2.99. The molecule has 1 N–H and O–H groups in total. The van der Waals surface area contributed by atoms with Gasteiger partial charge in [0.05, 0.1) is 4.90 Å². The second kappa shape index (κ2) is 7.38. The van der Waals surface area contributed by atoms with Gasteiger partial charge in [-0.05, 0) is 49.4 Å². The summed E-state index contributed by atoms with van der Waals surface area (Å²) >= 11 is 0. The van der Waals surface area contributed by atoms with Gasteiger partial charge in [0.15, 0.2) is 0 Å². The van der Waals surface area contributed by atoms with Crippen molar-refractivity contribution >= 4 is 10.0 Å². The van der Waals surface area contributed by atoms with Gasteiger partial charge in [-0.15, -0.1) is 0 Å². The zero-order valence-corrected chi connectivity index (χ0v) is 13.8. The maximum atomic E-state index is 12.4. The highest BCUT2D eigenvalue weighted by Crippen LogP contribution is 2.21. The van der Waals surface area contributed by atoms with E-state index in [4.69, 9.17) is 0 Å². The number of hydrogen-bond donors (Lipinski definition) is 1. The molecule has 0 radical (unpaired) electrons. The Hall–Kier alpha value is -0.910. The van der Waals surface area contributed by atoms with Crippen LogP contribution in [0.1, 0.15) is 38.7 Å². The van der Waals surface area contributed by atoms with E-state index in [1.807, 2.05) is 12.1 Å². The molecule has 5 heteroatoms. The number of nitrogens with zero attached hydrogens (tertiary/aromatic N) is 1. The van der Waals surface area contributed by atoms with E-state index in [-0.39, 0.29) is 0 Å². The summed E-state index contributed by atoms with van der Waals surface area (Å²) in [6.45, 7) is 7.50. The Morgan fingerprint density at radius 1 is 1.14 bits per heavy atom. The lowest BCUT2D eigenvalue weighted by Crippen LogP contribution is -2.27. The molecule has 1 aliphatic rings. The Bertz CT molecular complexity index is 532. The summed E-state index contributed by atoms with van der Waals surface area (Å²) in [6.07, 6.45) is 3.09. The lowest BCUT2D eigenvalue weighted by atomic mass is 10.1. The highest BCUT2D eigenvalue weighted by atomic mass is 32.2. The molecule has 1 aromatic carbocycles. The number of rotatable bonds is 7. The van der Waals surface area contributed by atoms with Crippen molar-refractivity contribution in [3.05, 3.63) is 29.8 Å². The molecule has 1 saturated heterocycles. The lowest BCUT2D eigenvalue weighted by Gasteiger charge is -2.15. The summed E-state index contributed by atoms with van der Waals surface area (Å²) in [4.78, 5) is 0.412. The molecular formula is C16H26N2O2S. The van der Waals surface area contributed by atoms with E-state index < -0.39 is 10.0 Å². The minimum atomic E-state index is -3.28. The minimum absolute atomic E-state index is 0.412. The van der Waals surface area contributed by atoms with Crippen molar-refractivity contribution in [1.82, 2.24) is 9.62 Å². The molecule has 0 saturated carbocycles. The zero-order chi connectivity index (χ0) is 15.3. The quantitative estimate of drug-likeness (QED) is 0.788. The molecule has 0 spiro atoms. The third-order valence-electron chi connectivity index (χ3n) is 3.85. The standard InChI is InChI=1S/C16H26N2O2S/c1-14(2)9-10-17-13-15-5-7-16(8-6-15)21(19,20)18-11-3-4-12-18/h5-8,14,17H,3-4,9-13H2,1-2H3. The van der Waals surface area contributed by atoms with Crippen LogP contribution in [-0.4, -0.2) is 32.4 Å². The molecule has 2 rings (SSSR count). The highest BCUT2D eigenvalue weighted by molar-refractivity contribution is 7.89. The lowest BCUT2D eigenvalue weighted by molar-refractivity contribution is 0.477. The van der Waals surface area contributed by atoms with Crippen LogP contribution >= 0.6 is 0 Å². The molecule has 1 fully saturated rings. The maximum absolute atomic E-state index is 12.4. The van der Waals surface area contributed by atoms with Gasteiger partial charge in [0.1, 0.15) is 0 Å². The highest BCUT2D eigenvalue weighted by Gasteiger charge is 2.26. The molecule has 0 unspecified atom stereocenters. The molecular weight excluding hydrogens is 284 g/mol. The van der Waals surface area contributed by atoms with E-state index in [2.05, 4.69) is 19.2 Å². The third-order valence-corrected chi connectivity index (χ3v) is 5.77. The van der Waals surface area contributed by atoms with Crippen LogP contribution in [-0.2, 0) is 16.6 Å². The van der Waals surface area contributed by atoms with E-state index in [1.54, 1.807) is 16.4 Å². The van der Waals surface area contributed by atoms with Crippen molar-refractivity contribution < 1.29 is 8.42 Å². The summed E-state index contributed by atoms with van der Waals surface area (Å²) in [5.74, 6) is 0.700. The Morgan fingerprint density at radius 3 is 2.33 bits per heavy atom. The van der Waals surface area contributed by atoms with Crippen LogP contribution in [0.2, 0.25) is 0 Å². The Balaban J connectivity index is 1.92. The molecule has 0 aliphatic carbocycles. The van der Waals surface area contributed by atoms with Crippen LogP contribution in [0.25, 0.3) is 0 Å². The number of nitrogens with one attached hydrogen (secondary N) is 1. The summed E-state index contributed by atoms with van der Waals surface area (Å²) in [7, 11) is -3.28. The third kappa shape index (κ3) is 4.53. The van der Waals surface area contributed by atoms with E-state index in [9.17, 15) is 8.42 Å². The first-order valence-corrected chi connectivity index (χ1v) is 9.24. The van der Waals surface area contributed by atoms with E-state index >= 15 is 0 Å². The first kappa shape index (κ1) is 16.5. The molecule has 1 aromatic rings. The van der Waals surface area contributed by atoms with E-state index in [1.165, 1.54) is 0 Å². The Kier molecular flexibility index (Phi) is 5.79. The van der Waals surface area contributed by atoms with E-state index in [0.29, 0.717) is 23.9 Å². The fraction of sp³-hybridized carbons (Fsp3) is 0.625. The first-order valence-electron chi connectivity index (χ1n) is 7.80. The Morgan fingerprint density at radius 2 is 1.76 bits per heavy atom. The van der Waals surface area contributed by atoms with Gasteiger partial charge in [-0.1, -0.05) is 26.0 Å². The molecule has 1 aliphatic heterocycles. The van der Waals surface area contributed by atoms with Crippen LogP contribution < -0.4 is 5.32 Å². The molecule has 0 aromatic heterocycles. The topological polar surface area (TPSA) is 49.4 Å². The SMILES string of the molecule is CC(C)CCNCc1ccc(S(=O)(=O)N2CCCC2)cc1. The van der Waals surface area contributed by atoms with Gasteiger partial charge in [0.25, 0.3) is 0 Å². The van der Waals surface area contributed by atoms with Gasteiger partial charge in [0, 0.05) is 19.6 Å². The predicted octanol–water partition coefficient (Wildman–Crippen LogP) is 2.61. The zero-order valence-electron chi connectivity index (χ0n) is 13.0. The van der Waals surface area contributed by atoms with Gasteiger partial charge < -0.3 is 5.32 Å².